The lowest BCUT2D eigenvalue weighted by molar-refractivity contribution is 0.0691. The third-order valence-corrected chi connectivity index (χ3v) is 4.05. The second-order valence-electron chi connectivity index (χ2n) is 5.43. The highest BCUT2D eigenvalue weighted by Gasteiger charge is 2.14. The fourth-order valence-electron chi connectivity index (χ4n) is 2.99. The van der Waals surface area contributed by atoms with Gasteiger partial charge in [0.2, 0.25) is 0 Å². The molecule has 4 aromatic rings. The molecule has 1 heterocycles. The number of carboxylic acids is 1. The quantitative estimate of drug-likeness (QED) is 0.543. The highest BCUT2D eigenvalue weighted by molar-refractivity contribution is 6.07. The van der Waals surface area contributed by atoms with E-state index in [0.29, 0.717) is 5.56 Å². The lowest BCUT2D eigenvalue weighted by Gasteiger charge is -2.10. The van der Waals surface area contributed by atoms with Gasteiger partial charge in [0, 0.05) is 11.8 Å². The van der Waals surface area contributed by atoms with Crippen LogP contribution >= 0.6 is 0 Å². The minimum absolute atomic E-state index is 0.0770. The average molecular weight is 299 g/mol. The Hall–Kier alpha value is -3.20. The van der Waals surface area contributed by atoms with E-state index in [1.54, 1.807) is 12.1 Å². The van der Waals surface area contributed by atoms with Crippen molar-refractivity contribution in [3.63, 3.8) is 0 Å². The number of fused-ring (bicyclic) bond motifs is 2. The van der Waals surface area contributed by atoms with E-state index in [0.717, 1.165) is 21.7 Å². The summed E-state index contributed by atoms with van der Waals surface area (Å²) in [6, 6.07) is 21.9. The van der Waals surface area contributed by atoms with Crippen molar-refractivity contribution in [2.45, 2.75) is 0 Å². The van der Waals surface area contributed by atoms with Gasteiger partial charge in [0.15, 0.2) is 5.69 Å². The Morgan fingerprint density at radius 1 is 0.783 bits per heavy atom. The van der Waals surface area contributed by atoms with Crippen molar-refractivity contribution in [3.05, 3.63) is 78.6 Å². The molecule has 3 nitrogen and oxygen atoms in total. The molecule has 0 fully saturated rings. The Kier molecular flexibility index (Phi) is 3.05. The number of carboxylic acid groups (broad SMARTS) is 1. The van der Waals surface area contributed by atoms with Crippen LogP contribution in [-0.2, 0) is 0 Å². The lowest BCUT2D eigenvalue weighted by atomic mass is 9.95. The van der Waals surface area contributed by atoms with E-state index in [2.05, 4.69) is 29.2 Å². The van der Waals surface area contributed by atoms with E-state index >= 15 is 0 Å². The number of aromatic carboxylic acids is 1. The van der Waals surface area contributed by atoms with Gasteiger partial charge in [0.05, 0.1) is 0 Å². The standard InChI is InChI=1S/C20H13NO2/c22-20(23)19-17(9-4-10-21-19)16-8-3-7-15-11-13-5-1-2-6-14(13)12-18(15)16/h1-12H,(H,22,23). The maximum atomic E-state index is 11.5. The van der Waals surface area contributed by atoms with Gasteiger partial charge in [-0.05, 0) is 45.3 Å². The SMILES string of the molecule is O=C(O)c1ncccc1-c1cccc2cc3ccccc3cc12. The summed E-state index contributed by atoms with van der Waals surface area (Å²) in [6.45, 7) is 0. The van der Waals surface area contributed by atoms with Gasteiger partial charge in [-0.15, -0.1) is 0 Å². The number of nitrogens with zero attached hydrogens (tertiary/aromatic N) is 1. The summed E-state index contributed by atoms with van der Waals surface area (Å²) >= 11 is 0. The normalized spacial score (nSPS) is 11.0. The maximum absolute atomic E-state index is 11.5. The summed E-state index contributed by atoms with van der Waals surface area (Å²) < 4.78 is 0. The van der Waals surface area contributed by atoms with Crippen molar-refractivity contribution in [1.82, 2.24) is 4.98 Å². The molecule has 110 valence electrons. The van der Waals surface area contributed by atoms with Crippen molar-refractivity contribution in [3.8, 4) is 11.1 Å². The Morgan fingerprint density at radius 3 is 2.26 bits per heavy atom. The maximum Gasteiger partial charge on any atom is 0.355 e. The third-order valence-electron chi connectivity index (χ3n) is 4.05. The van der Waals surface area contributed by atoms with Gasteiger partial charge < -0.3 is 5.11 Å². The van der Waals surface area contributed by atoms with Crippen LogP contribution in [0.15, 0.2) is 72.9 Å². The Labute approximate surface area is 132 Å². The zero-order valence-electron chi connectivity index (χ0n) is 12.2. The first-order chi connectivity index (χ1) is 11.2. The van der Waals surface area contributed by atoms with E-state index in [1.165, 1.54) is 11.6 Å². The molecule has 0 amide bonds. The fraction of sp³-hybridized carbons (Fsp3) is 0. The van der Waals surface area contributed by atoms with Crippen molar-refractivity contribution in [1.29, 1.82) is 0 Å². The summed E-state index contributed by atoms with van der Waals surface area (Å²) in [4.78, 5) is 15.5. The molecular weight excluding hydrogens is 286 g/mol. The molecule has 0 unspecified atom stereocenters. The molecular formula is C20H13NO2. The van der Waals surface area contributed by atoms with Gasteiger partial charge in [-0.2, -0.15) is 0 Å². The van der Waals surface area contributed by atoms with Gasteiger partial charge >= 0.3 is 5.97 Å². The second-order valence-corrected chi connectivity index (χ2v) is 5.43. The van der Waals surface area contributed by atoms with Gasteiger partial charge in [0.25, 0.3) is 0 Å². The van der Waals surface area contributed by atoms with E-state index in [4.69, 9.17) is 0 Å². The van der Waals surface area contributed by atoms with Gasteiger partial charge in [0.1, 0.15) is 0 Å². The van der Waals surface area contributed by atoms with Crippen LogP contribution in [0.5, 0.6) is 0 Å². The largest absolute Gasteiger partial charge is 0.476 e. The third kappa shape index (κ3) is 2.23. The molecule has 0 saturated carbocycles. The zero-order valence-corrected chi connectivity index (χ0v) is 12.2. The molecule has 1 aromatic heterocycles. The molecule has 0 aliphatic heterocycles. The van der Waals surface area contributed by atoms with Crippen molar-refractivity contribution < 1.29 is 9.90 Å². The Balaban J connectivity index is 2.08. The average Bonchev–Trinajstić information content (AvgIpc) is 2.59. The molecule has 1 N–H and O–H groups in total. The molecule has 0 aliphatic carbocycles. The molecule has 4 rings (SSSR count). The van der Waals surface area contributed by atoms with E-state index in [1.807, 2.05) is 30.3 Å². The summed E-state index contributed by atoms with van der Waals surface area (Å²) in [6.07, 6.45) is 1.51. The first-order valence-electron chi connectivity index (χ1n) is 7.34. The Morgan fingerprint density at radius 2 is 1.48 bits per heavy atom. The summed E-state index contributed by atoms with van der Waals surface area (Å²) in [5.74, 6) is -1.02. The molecule has 0 radical (unpaired) electrons. The molecule has 3 aromatic carbocycles. The number of rotatable bonds is 2. The van der Waals surface area contributed by atoms with Gasteiger partial charge in [-0.1, -0.05) is 48.5 Å². The van der Waals surface area contributed by atoms with Crippen LogP contribution in [0.3, 0.4) is 0 Å². The minimum Gasteiger partial charge on any atom is -0.476 e. The molecule has 0 saturated heterocycles. The lowest BCUT2D eigenvalue weighted by Crippen LogP contribution is -2.02. The number of aromatic nitrogens is 1. The van der Waals surface area contributed by atoms with Crippen molar-refractivity contribution >= 4 is 27.5 Å². The number of hydrogen-bond acceptors (Lipinski definition) is 2. The number of carbonyl (C=O) groups is 1. The predicted molar refractivity (Wildman–Crippen MR) is 91.6 cm³/mol. The van der Waals surface area contributed by atoms with Crippen LogP contribution in [0.4, 0.5) is 0 Å². The molecule has 0 atom stereocenters. The number of pyridine rings is 1. The molecule has 23 heavy (non-hydrogen) atoms. The Bertz CT molecular complexity index is 1050. The smallest absolute Gasteiger partial charge is 0.355 e. The van der Waals surface area contributed by atoms with Crippen LogP contribution in [0.1, 0.15) is 10.5 Å². The van der Waals surface area contributed by atoms with Gasteiger partial charge in [-0.3, -0.25) is 0 Å². The van der Waals surface area contributed by atoms with Crippen LogP contribution in [0.2, 0.25) is 0 Å². The molecule has 0 spiro atoms. The minimum atomic E-state index is -1.02. The van der Waals surface area contributed by atoms with E-state index in [-0.39, 0.29) is 5.69 Å². The van der Waals surface area contributed by atoms with Crippen LogP contribution in [0.25, 0.3) is 32.7 Å². The zero-order chi connectivity index (χ0) is 15.8. The van der Waals surface area contributed by atoms with Crippen molar-refractivity contribution in [2.24, 2.45) is 0 Å². The highest BCUT2D eigenvalue weighted by atomic mass is 16.4. The topological polar surface area (TPSA) is 50.2 Å². The van der Waals surface area contributed by atoms with Crippen LogP contribution < -0.4 is 0 Å². The molecule has 0 bridgehead atoms. The summed E-state index contributed by atoms with van der Waals surface area (Å²) in [5.41, 5.74) is 1.60. The van der Waals surface area contributed by atoms with E-state index < -0.39 is 5.97 Å². The first kappa shape index (κ1) is 13.5. The molecule has 0 aliphatic rings. The van der Waals surface area contributed by atoms with Crippen LogP contribution in [-0.4, -0.2) is 16.1 Å². The summed E-state index contributed by atoms with van der Waals surface area (Å²) in [7, 11) is 0. The number of hydrogen-bond donors (Lipinski definition) is 1. The first-order valence-corrected chi connectivity index (χ1v) is 7.34. The second kappa shape index (κ2) is 5.21. The number of benzene rings is 3. The monoisotopic (exact) mass is 299 g/mol. The summed E-state index contributed by atoms with van der Waals surface area (Å²) in [5, 5.41) is 13.8. The van der Waals surface area contributed by atoms with Crippen LogP contribution in [0, 0.1) is 0 Å². The van der Waals surface area contributed by atoms with Gasteiger partial charge in [-0.25, -0.2) is 9.78 Å². The predicted octanol–water partition coefficient (Wildman–Crippen LogP) is 4.75. The molecule has 3 heteroatoms. The van der Waals surface area contributed by atoms with E-state index in [9.17, 15) is 9.90 Å². The fourth-order valence-corrected chi connectivity index (χ4v) is 2.99. The highest BCUT2D eigenvalue weighted by Crippen LogP contribution is 2.33. The van der Waals surface area contributed by atoms with Crippen molar-refractivity contribution in [2.75, 3.05) is 0 Å².